The van der Waals surface area contributed by atoms with E-state index >= 15 is 0 Å². The van der Waals surface area contributed by atoms with E-state index < -0.39 is 35.9 Å². The van der Waals surface area contributed by atoms with Crippen molar-refractivity contribution in [3.8, 4) is 0 Å². The fourth-order valence-electron chi connectivity index (χ4n) is 2.32. The number of carbonyl (C=O) groups excluding carboxylic acids is 3. The second kappa shape index (κ2) is 9.12. The van der Waals surface area contributed by atoms with E-state index in [4.69, 9.17) is 5.11 Å². The van der Waals surface area contributed by atoms with Gasteiger partial charge in [-0.25, -0.2) is 4.79 Å². The molecular weight excluding hydrogens is 302 g/mol. The summed E-state index contributed by atoms with van der Waals surface area (Å²) in [6, 6.07) is -2.60. The van der Waals surface area contributed by atoms with Crippen LogP contribution in [0.5, 0.6) is 0 Å². The van der Waals surface area contributed by atoms with Gasteiger partial charge < -0.3 is 21.1 Å². The number of rotatable bonds is 1. The van der Waals surface area contributed by atoms with Crippen molar-refractivity contribution >= 4 is 23.7 Å². The number of hydrogen-bond acceptors (Lipinski definition) is 4. The number of hydrogen-bond donors (Lipinski definition) is 4. The van der Waals surface area contributed by atoms with Gasteiger partial charge in [-0.3, -0.25) is 14.4 Å². The molecule has 1 fully saturated rings. The van der Waals surface area contributed by atoms with E-state index in [1.165, 1.54) is 13.8 Å². The summed E-state index contributed by atoms with van der Waals surface area (Å²) >= 11 is 0. The van der Waals surface area contributed by atoms with Crippen LogP contribution >= 0.6 is 0 Å². The summed E-state index contributed by atoms with van der Waals surface area (Å²) in [4.78, 5) is 46.9. The number of carboxylic acid groups (broad SMARTS) is 1. The first-order valence-electron chi connectivity index (χ1n) is 7.94. The summed E-state index contributed by atoms with van der Waals surface area (Å²) in [6.07, 6.45) is 3.56. The van der Waals surface area contributed by atoms with Gasteiger partial charge in [0.05, 0.1) is 0 Å². The van der Waals surface area contributed by atoms with Crippen LogP contribution in [-0.2, 0) is 19.2 Å². The normalized spacial score (nSPS) is 28.6. The predicted octanol–water partition coefficient (Wildman–Crippen LogP) is -0.0806. The average Bonchev–Trinajstić information content (AvgIpc) is 2.47. The maximum absolute atomic E-state index is 12.0. The summed E-state index contributed by atoms with van der Waals surface area (Å²) < 4.78 is 0. The Balaban J connectivity index is 2.77. The molecule has 0 aromatic carbocycles. The quantitative estimate of drug-likeness (QED) is 0.536. The molecule has 8 heteroatoms. The Morgan fingerprint density at radius 1 is 0.913 bits per heavy atom. The lowest BCUT2D eigenvalue weighted by Crippen LogP contribution is -2.54. The average molecular weight is 327 g/mol. The molecule has 8 nitrogen and oxygen atoms in total. The molecule has 0 radical (unpaired) electrons. The lowest BCUT2D eigenvalue weighted by Gasteiger charge is -2.20. The molecule has 1 aliphatic heterocycles. The van der Waals surface area contributed by atoms with Crippen LogP contribution in [0.25, 0.3) is 0 Å². The van der Waals surface area contributed by atoms with Gasteiger partial charge in [-0.15, -0.1) is 0 Å². The standard InChI is InChI=1S/C15H25N3O5/c1-9-13(20)17-10(2)14(21)18-11(15(22)23)7-5-3-4-6-8-12(19)16-9/h9-11H,3-8H2,1-2H3,(H,16,19)(H,17,20)(H,18,21)(H,22,23)/t9-,10-,11-/m0/s1. The van der Waals surface area contributed by atoms with Crippen molar-refractivity contribution < 1.29 is 24.3 Å². The fraction of sp³-hybridized carbons (Fsp3) is 0.733. The number of carbonyl (C=O) groups is 4. The van der Waals surface area contributed by atoms with Crippen molar-refractivity contribution in [1.82, 2.24) is 16.0 Å². The van der Waals surface area contributed by atoms with Crippen LogP contribution in [0.3, 0.4) is 0 Å². The highest BCUT2D eigenvalue weighted by atomic mass is 16.4. The molecule has 1 heterocycles. The van der Waals surface area contributed by atoms with E-state index in [0.29, 0.717) is 25.7 Å². The van der Waals surface area contributed by atoms with Crippen molar-refractivity contribution in [3.05, 3.63) is 0 Å². The molecule has 0 unspecified atom stereocenters. The first-order valence-corrected chi connectivity index (χ1v) is 7.94. The maximum atomic E-state index is 12.0. The second-order valence-electron chi connectivity index (χ2n) is 5.87. The molecule has 1 rings (SSSR count). The van der Waals surface area contributed by atoms with Crippen LogP contribution in [0.1, 0.15) is 52.4 Å². The van der Waals surface area contributed by atoms with Gasteiger partial charge >= 0.3 is 5.97 Å². The summed E-state index contributed by atoms with van der Waals surface area (Å²) in [5, 5.41) is 16.7. The van der Waals surface area contributed by atoms with Crippen LogP contribution < -0.4 is 16.0 Å². The molecule has 0 saturated carbocycles. The van der Waals surface area contributed by atoms with E-state index in [0.717, 1.165) is 12.8 Å². The van der Waals surface area contributed by atoms with Gasteiger partial charge in [-0.05, 0) is 26.7 Å². The highest BCUT2D eigenvalue weighted by molar-refractivity contribution is 5.92. The monoisotopic (exact) mass is 327 g/mol. The topological polar surface area (TPSA) is 125 Å². The smallest absolute Gasteiger partial charge is 0.326 e. The molecule has 0 aromatic rings. The second-order valence-corrected chi connectivity index (χ2v) is 5.87. The molecule has 3 atom stereocenters. The molecule has 1 saturated heterocycles. The summed E-state index contributed by atoms with van der Waals surface area (Å²) in [6.45, 7) is 3.01. The molecule has 0 aliphatic carbocycles. The SMILES string of the molecule is C[C@@H]1NC(=O)CCCCCC[C@@H](C(=O)O)NC(=O)[C@H](C)NC1=O. The van der Waals surface area contributed by atoms with E-state index in [2.05, 4.69) is 16.0 Å². The minimum absolute atomic E-state index is 0.206. The first-order chi connectivity index (χ1) is 10.8. The Kier molecular flexibility index (Phi) is 7.50. The Morgan fingerprint density at radius 3 is 2.13 bits per heavy atom. The predicted molar refractivity (Wildman–Crippen MR) is 82.5 cm³/mol. The third-order valence-electron chi connectivity index (χ3n) is 3.78. The molecule has 23 heavy (non-hydrogen) atoms. The van der Waals surface area contributed by atoms with Gasteiger partial charge in [0.25, 0.3) is 0 Å². The highest BCUT2D eigenvalue weighted by Crippen LogP contribution is 2.09. The highest BCUT2D eigenvalue weighted by Gasteiger charge is 2.25. The number of amides is 3. The zero-order chi connectivity index (χ0) is 17.4. The Labute approximate surface area is 135 Å². The summed E-state index contributed by atoms with van der Waals surface area (Å²) in [5.41, 5.74) is 0. The molecular formula is C15H25N3O5. The molecule has 0 aromatic heterocycles. The zero-order valence-electron chi connectivity index (χ0n) is 13.6. The van der Waals surface area contributed by atoms with Crippen LogP contribution in [0, 0.1) is 0 Å². The van der Waals surface area contributed by atoms with Gasteiger partial charge in [-0.1, -0.05) is 19.3 Å². The van der Waals surface area contributed by atoms with E-state index in [-0.39, 0.29) is 5.91 Å². The van der Waals surface area contributed by atoms with Gasteiger partial charge in [0.2, 0.25) is 17.7 Å². The largest absolute Gasteiger partial charge is 0.480 e. The Morgan fingerprint density at radius 2 is 1.48 bits per heavy atom. The lowest BCUT2D eigenvalue weighted by atomic mass is 10.1. The van der Waals surface area contributed by atoms with Crippen molar-refractivity contribution in [2.24, 2.45) is 0 Å². The number of carboxylic acids is 1. The van der Waals surface area contributed by atoms with E-state index in [9.17, 15) is 19.2 Å². The van der Waals surface area contributed by atoms with Crippen molar-refractivity contribution in [2.75, 3.05) is 0 Å². The first kappa shape index (κ1) is 18.9. The van der Waals surface area contributed by atoms with Crippen LogP contribution in [0.4, 0.5) is 0 Å². The minimum atomic E-state index is -1.09. The van der Waals surface area contributed by atoms with Gasteiger partial charge in [-0.2, -0.15) is 0 Å². The maximum Gasteiger partial charge on any atom is 0.326 e. The molecule has 0 bridgehead atoms. The molecule has 0 spiro atoms. The van der Waals surface area contributed by atoms with Crippen molar-refractivity contribution in [3.63, 3.8) is 0 Å². The molecule has 4 N–H and O–H groups in total. The van der Waals surface area contributed by atoms with Crippen LogP contribution in [0.2, 0.25) is 0 Å². The zero-order valence-corrected chi connectivity index (χ0v) is 13.6. The molecule has 1 aliphatic rings. The summed E-state index contributed by atoms with van der Waals surface area (Å²) in [7, 11) is 0. The minimum Gasteiger partial charge on any atom is -0.480 e. The van der Waals surface area contributed by atoms with E-state index in [1.807, 2.05) is 0 Å². The fourth-order valence-corrected chi connectivity index (χ4v) is 2.32. The van der Waals surface area contributed by atoms with Crippen LogP contribution in [-0.4, -0.2) is 46.9 Å². The molecule has 130 valence electrons. The van der Waals surface area contributed by atoms with E-state index in [1.54, 1.807) is 0 Å². The van der Waals surface area contributed by atoms with Crippen molar-refractivity contribution in [2.45, 2.75) is 70.5 Å². The third kappa shape index (κ3) is 6.66. The summed E-state index contributed by atoms with van der Waals surface area (Å²) in [5.74, 6) is -2.34. The van der Waals surface area contributed by atoms with Crippen molar-refractivity contribution in [1.29, 1.82) is 0 Å². The Hall–Kier alpha value is -2.12. The number of aliphatic carboxylic acids is 1. The van der Waals surface area contributed by atoms with Gasteiger partial charge in [0.15, 0.2) is 0 Å². The van der Waals surface area contributed by atoms with Gasteiger partial charge in [0.1, 0.15) is 18.1 Å². The Bertz CT molecular complexity index is 466. The lowest BCUT2D eigenvalue weighted by molar-refractivity contribution is -0.142. The third-order valence-corrected chi connectivity index (χ3v) is 3.78. The molecule has 3 amide bonds. The number of nitrogens with one attached hydrogen (secondary N) is 3. The van der Waals surface area contributed by atoms with Gasteiger partial charge in [0, 0.05) is 6.42 Å². The van der Waals surface area contributed by atoms with Crippen LogP contribution in [0.15, 0.2) is 0 Å².